The van der Waals surface area contributed by atoms with Gasteiger partial charge >= 0.3 is 6.18 Å². The van der Waals surface area contributed by atoms with Crippen LogP contribution in [0.3, 0.4) is 0 Å². The van der Waals surface area contributed by atoms with Crippen LogP contribution in [0.5, 0.6) is 0 Å². The van der Waals surface area contributed by atoms with Crippen LogP contribution in [0, 0.1) is 11.3 Å². The number of alkyl halides is 3. The average Bonchev–Trinajstić information content (AvgIpc) is 2.56. The van der Waals surface area contributed by atoms with Crippen LogP contribution in [0.25, 0.3) is 0 Å². The predicted octanol–water partition coefficient (Wildman–Crippen LogP) is 2.55. The van der Waals surface area contributed by atoms with E-state index in [9.17, 15) is 18.0 Å². The van der Waals surface area contributed by atoms with Gasteiger partial charge in [-0.1, -0.05) is 20.3 Å². The molecule has 0 aliphatic heterocycles. The normalized spacial score (nSPS) is 27.9. The molecule has 0 radical (unpaired) electrons. The second-order valence-electron chi connectivity index (χ2n) is 6.11. The van der Waals surface area contributed by atoms with Crippen molar-refractivity contribution in [3.8, 4) is 0 Å². The molecule has 0 bridgehead atoms. The lowest BCUT2D eigenvalue weighted by Gasteiger charge is -2.35. The predicted molar refractivity (Wildman–Crippen MR) is 67.4 cm³/mol. The van der Waals surface area contributed by atoms with Crippen LogP contribution < -0.4 is 5.73 Å². The van der Waals surface area contributed by atoms with E-state index in [1.165, 1.54) is 0 Å². The first-order valence-electron chi connectivity index (χ1n) is 6.68. The van der Waals surface area contributed by atoms with Crippen molar-refractivity contribution in [3.63, 3.8) is 0 Å². The SMILES string of the molecule is CC(C)CN(CC(F)(F)F)C(=O)C1(C)CCCC1N. The summed E-state index contributed by atoms with van der Waals surface area (Å²) < 4.78 is 37.8. The van der Waals surface area contributed by atoms with Crippen LogP contribution >= 0.6 is 0 Å². The Hall–Kier alpha value is -0.780. The van der Waals surface area contributed by atoms with Crippen molar-refractivity contribution in [2.75, 3.05) is 13.1 Å². The highest BCUT2D eigenvalue weighted by Gasteiger charge is 2.47. The lowest BCUT2D eigenvalue weighted by atomic mass is 9.83. The molecule has 0 heterocycles. The van der Waals surface area contributed by atoms with Gasteiger partial charge in [0, 0.05) is 12.6 Å². The third-order valence-electron chi connectivity index (χ3n) is 3.76. The van der Waals surface area contributed by atoms with Crippen LogP contribution in [0.15, 0.2) is 0 Å². The van der Waals surface area contributed by atoms with E-state index in [1.807, 2.05) is 0 Å². The molecule has 1 rings (SSSR count). The summed E-state index contributed by atoms with van der Waals surface area (Å²) in [5, 5.41) is 0. The van der Waals surface area contributed by atoms with Crippen molar-refractivity contribution >= 4 is 5.91 Å². The zero-order valence-corrected chi connectivity index (χ0v) is 11.8. The van der Waals surface area contributed by atoms with Crippen molar-refractivity contribution in [3.05, 3.63) is 0 Å². The molecule has 3 nitrogen and oxygen atoms in total. The zero-order chi connectivity index (χ0) is 14.8. The third kappa shape index (κ3) is 4.09. The van der Waals surface area contributed by atoms with Gasteiger partial charge in [0.25, 0.3) is 0 Å². The summed E-state index contributed by atoms with van der Waals surface area (Å²) in [4.78, 5) is 13.4. The molecule has 2 atom stereocenters. The molecule has 2 unspecified atom stereocenters. The van der Waals surface area contributed by atoms with Gasteiger partial charge in [-0.3, -0.25) is 4.79 Å². The van der Waals surface area contributed by atoms with Crippen molar-refractivity contribution in [2.45, 2.75) is 52.3 Å². The van der Waals surface area contributed by atoms with Crippen molar-refractivity contribution in [1.29, 1.82) is 0 Å². The Balaban J connectivity index is 2.87. The molecule has 1 saturated carbocycles. The molecule has 1 aliphatic carbocycles. The molecule has 6 heteroatoms. The quantitative estimate of drug-likeness (QED) is 0.860. The van der Waals surface area contributed by atoms with Crippen molar-refractivity contribution in [1.82, 2.24) is 4.90 Å². The van der Waals surface area contributed by atoms with Crippen LogP contribution in [-0.4, -0.2) is 36.1 Å². The molecule has 0 saturated heterocycles. The van der Waals surface area contributed by atoms with Gasteiger partial charge in [0.05, 0.1) is 5.41 Å². The minimum absolute atomic E-state index is 0.00692. The fourth-order valence-corrected chi connectivity index (χ4v) is 2.70. The third-order valence-corrected chi connectivity index (χ3v) is 3.76. The highest BCUT2D eigenvalue weighted by atomic mass is 19.4. The van der Waals surface area contributed by atoms with Crippen LogP contribution in [0.4, 0.5) is 13.2 Å². The summed E-state index contributed by atoms with van der Waals surface area (Å²) in [6.07, 6.45) is -2.31. The molecule has 1 aliphatic rings. The number of hydrogen-bond acceptors (Lipinski definition) is 2. The molecule has 0 aromatic heterocycles. The molecular weight excluding hydrogens is 257 g/mol. The Labute approximate surface area is 112 Å². The Bertz CT molecular complexity index is 330. The van der Waals surface area contributed by atoms with Gasteiger partial charge in [-0.05, 0) is 25.7 Å². The fourth-order valence-electron chi connectivity index (χ4n) is 2.70. The van der Waals surface area contributed by atoms with Gasteiger partial charge in [0.2, 0.25) is 5.91 Å². The van der Waals surface area contributed by atoms with E-state index in [1.54, 1.807) is 20.8 Å². The number of halogens is 3. The molecule has 2 N–H and O–H groups in total. The molecule has 0 aromatic rings. The first-order valence-corrected chi connectivity index (χ1v) is 6.68. The maximum atomic E-state index is 12.6. The zero-order valence-electron chi connectivity index (χ0n) is 11.8. The molecule has 0 aromatic carbocycles. The number of nitrogens with zero attached hydrogens (tertiary/aromatic N) is 1. The molecule has 112 valence electrons. The minimum atomic E-state index is -4.37. The number of carbonyl (C=O) groups is 1. The molecule has 0 spiro atoms. The number of nitrogens with two attached hydrogens (primary N) is 1. The van der Waals surface area contributed by atoms with Gasteiger partial charge < -0.3 is 10.6 Å². The van der Waals surface area contributed by atoms with E-state index < -0.39 is 24.0 Å². The number of carbonyl (C=O) groups excluding carboxylic acids is 1. The topological polar surface area (TPSA) is 46.3 Å². The smallest absolute Gasteiger partial charge is 0.333 e. The van der Waals surface area contributed by atoms with Gasteiger partial charge in [0.1, 0.15) is 6.54 Å². The lowest BCUT2D eigenvalue weighted by molar-refractivity contribution is -0.168. The largest absolute Gasteiger partial charge is 0.406 e. The molecular formula is C13H23F3N2O. The summed E-state index contributed by atoms with van der Waals surface area (Å²) in [5.74, 6) is -0.462. The van der Waals surface area contributed by atoms with Gasteiger partial charge in [-0.15, -0.1) is 0 Å². The van der Waals surface area contributed by atoms with E-state index in [0.29, 0.717) is 12.8 Å². The Morgan fingerprint density at radius 3 is 2.42 bits per heavy atom. The maximum absolute atomic E-state index is 12.6. The number of hydrogen-bond donors (Lipinski definition) is 1. The second kappa shape index (κ2) is 5.69. The highest BCUT2D eigenvalue weighted by molar-refractivity contribution is 5.83. The standard InChI is InChI=1S/C13H23F3N2O/c1-9(2)7-18(8-13(14,15)16)11(19)12(3)6-4-5-10(12)17/h9-10H,4-8,17H2,1-3H3. The van der Waals surface area contributed by atoms with Crippen LogP contribution in [-0.2, 0) is 4.79 Å². The van der Waals surface area contributed by atoms with E-state index in [0.717, 1.165) is 11.3 Å². The number of rotatable bonds is 4. The highest BCUT2D eigenvalue weighted by Crippen LogP contribution is 2.39. The van der Waals surface area contributed by atoms with E-state index >= 15 is 0 Å². The lowest BCUT2D eigenvalue weighted by Crippen LogP contribution is -2.52. The van der Waals surface area contributed by atoms with Crippen molar-refractivity contribution in [2.24, 2.45) is 17.1 Å². The van der Waals surface area contributed by atoms with Crippen molar-refractivity contribution < 1.29 is 18.0 Å². The second-order valence-corrected chi connectivity index (χ2v) is 6.11. The summed E-state index contributed by atoms with van der Waals surface area (Å²) in [5.41, 5.74) is 5.07. The Morgan fingerprint density at radius 1 is 1.47 bits per heavy atom. The maximum Gasteiger partial charge on any atom is 0.406 e. The molecule has 1 amide bonds. The van der Waals surface area contributed by atoms with Gasteiger partial charge in [0.15, 0.2) is 0 Å². The minimum Gasteiger partial charge on any atom is -0.333 e. The van der Waals surface area contributed by atoms with E-state index in [4.69, 9.17) is 5.73 Å². The van der Waals surface area contributed by atoms with E-state index in [2.05, 4.69) is 0 Å². The summed E-state index contributed by atoms with van der Waals surface area (Å²) in [6.45, 7) is 4.21. The van der Waals surface area contributed by atoms with Crippen LogP contribution in [0.1, 0.15) is 40.0 Å². The molecule has 1 fully saturated rings. The first-order chi connectivity index (χ1) is 8.56. The van der Waals surface area contributed by atoms with E-state index in [-0.39, 0.29) is 18.5 Å². The monoisotopic (exact) mass is 280 g/mol. The Kier molecular flexibility index (Phi) is 4.87. The molecule has 19 heavy (non-hydrogen) atoms. The summed E-state index contributed by atoms with van der Waals surface area (Å²) in [6, 6.07) is -0.345. The average molecular weight is 280 g/mol. The first kappa shape index (κ1) is 16.3. The van der Waals surface area contributed by atoms with Crippen LogP contribution in [0.2, 0.25) is 0 Å². The summed E-state index contributed by atoms with van der Waals surface area (Å²) in [7, 11) is 0. The number of amides is 1. The van der Waals surface area contributed by atoms with Gasteiger partial charge in [-0.2, -0.15) is 13.2 Å². The van der Waals surface area contributed by atoms with Gasteiger partial charge in [-0.25, -0.2) is 0 Å². The summed E-state index contributed by atoms with van der Waals surface area (Å²) >= 11 is 0. The Morgan fingerprint density at radius 2 is 2.05 bits per heavy atom. The fraction of sp³-hybridized carbons (Fsp3) is 0.923.